The molecule has 13 heavy (non-hydrogen) atoms. The molecule has 1 unspecified atom stereocenters. The van der Waals surface area contributed by atoms with Crippen LogP contribution in [0.3, 0.4) is 0 Å². The second-order valence-corrected chi connectivity index (χ2v) is 4.70. The molecule has 2 aromatic rings. The van der Waals surface area contributed by atoms with Crippen molar-refractivity contribution in [1.82, 2.24) is 4.98 Å². The van der Waals surface area contributed by atoms with E-state index in [-0.39, 0.29) is 0 Å². The third-order valence-electron chi connectivity index (χ3n) is 1.67. The fraction of sp³-hybridized carbons (Fsp3) is 0.125. The summed E-state index contributed by atoms with van der Waals surface area (Å²) in [7, 11) is 0. The first-order valence-corrected chi connectivity index (χ1v) is 5.78. The second kappa shape index (κ2) is 3.75. The molecule has 0 aliphatic heterocycles. The van der Waals surface area contributed by atoms with Crippen LogP contribution in [0, 0.1) is 0 Å². The Bertz CT molecular complexity index is 385. The van der Waals surface area contributed by atoms with E-state index in [0.29, 0.717) is 10.0 Å². The third-order valence-corrected chi connectivity index (χ3v) is 3.48. The van der Waals surface area contributed by atoms with Gasteiger partial charge in [0.2, 0.25) is 0 Å². The lowest BCUT2D eigenvalue weighted by molar-refractivity contribution is 0.216. The number of hydrogen-bond donors (Lipinski definition) is 1. The highest BCUT2D eigenvalue weighted by Gasteiger charge is 2.15. The molecule has 0 aromatic carbocycles. The van der Waals surface area contributed by atoms with Gasteiger partial charge in [-0.15, -0.1) is 22.7 Å². The van der Waals surface area contributed by atoms with Gasteiger partial charge in [0.05, 0.1) is 15.5 Å². The van der Waals surface area contributed by atoms with Crippen molar-refractivity contribution >= 4 is 34.3 Å². The molecule has 0 aliphatic rings. The molecule has 0 saturated carbocycles. The third kappa shape index (κ3) is 1.76. The van der Waals surface area contributed by atoms with Crippen molar-refractivity contribution in [2.45, 2.75) is 6.10 Å². The summed E-state index contributed by atoms with van der Waals surface area (Å²) in [5, 5.41) is 13.5. The molecule has 68 valence electrons. The highest BCUT2D eigenvalue weighted by molar-refractivity contribution is 7.14. The van der Waals surface area contributed by atoms with Gasteiger partial charge in [0.25, 0.3) is 0 Å². The average Bonchev–Trinajstić information content (AvgIpc) is 2.72. The molecule has 0 radical (unpaired) electrons. The van der Waals surface area contributed by atoms with Crippen LogP contribution < -0.4 is 0 Å². The number of hydrogen-bond acceptors (Lipinski definition) is 4. The first-order chi connectivity index (χ1) is 6.29. The van der Waals surface area contributed by atoms with Crippen LogP contribution in [0.1, 0.15) is 17.4 Å². The molecule has 1 N–H and O–H groups in total. The van der Waals surface area contributed by atoms with Gasteiger partial charge < -0.3 is 5.11 Å². The molecule has 2 rings (SSSR count). The second-order valence-electron chi connectivity index (χ2n) is 2.47. The Hall–Kier alpha value is -0.420. The highest BCUT2D eigenvalue weighted by atomic mass is 35.5. The van der Waals surface area contributed by atoms with E-state index >= 15 is 0 Å². The monoisotopic (exact) mass is 231 g/mol. The maximum Gasteiger partial charge on any atom is 0.124 e. The highest BCUT2D eigenvalue weighted by Crippen LogP contribution is 2.31. The van der Waals surface area contributed by atoms with E-state index < -0.39 is 6.10 Å². The standard InChI is InChI=1S/C8H6ClNOS2/c9-8-5(1-2-13-8)7(11)6-3-12-4-10-6/h1-4,7,11H. The number of rotatable bonds is 2. The number of thiophene rings is 1. The summed E-state index contributed by atoms with van der Waals surface area (Å²) in [4.78, 5) is 4.03. The van der Waals surface area contributed by atoms with Crippen molar-refractivity contribution in [2.75, 3.05) is 0 Å². The lowest BCUT2D eigenvalue weighted by atomic mass is 10.1. The molecule has 0 amide bonds. The van der Waals surface area contributed by atoms with Crippen molar-refractivity contribution in [1.29, 1.82) is 0 Å². The first kappa shape index (κ1) is 9.15. The van der Waals surface area contributed by atoms with Crippen LogP contribution in [-0.2, 0) is 0 Å². The predicted octanol–water partition coefficient (Wildman–Crippen LogP) is 2.94. The quantitative estimate of drug-likeness (QED) is 0.862. The van der Waals surface area contributed by atoms with Crippen LogP contribution in [0.2, 0.25) is 4.34 Å². The van der Waals surface area contributed by atoms with Crippen molar-refractivity contribution in [3.05, 3.63) is 37.9 Å². The first-order valence-electron chi connectivity index (χ1n) is 3.58. The van der Waals surface area contributed by atoms with E-state index in [0.717, 1.165) is 5.56 Å². The minimum absolute atomic E-state index is 0.625. The molecule has 2 nitrogen and oxygen atoms in total. The normalized spacial score (nSPS) is 13.1. The van der Waals surface area contributed by atoms with Crippen LogP contribution in [0.4, 0.5) is 0 Å². The number of nitrogens with zero attached hydrogens (tertiary/aromatic N) is 1. The smallest absolute Gasteiger partial charge is 0.124 e. The van der Waals surface area contributed by atoms with E-state index in [1.165, 1.54) is 22.7 Å². The Kier molecular flexibility index (Phi) is 2.64. The molecule has 0 spiro atoms. The number of aliphatic hydroxyl groups is 1. The van der Waals surface area contributed by atoms with Gasteiger partial charge in [-0.3, -0.25) is 0 Å². The van der Waals surface area contributed by atoms with E-state index in [1.807, 2.05) is 16.8 Å². The van der Waals surface area contributed by atoms with Gasteiger partial charge in [-0.1, -0.05) is 11.6 Å². The largest absolute Gasteiger partial charge is 0.382 e. The summed E-state index contributed by atoms with van der Waals surface area (Å²) in [6.45, 7) is 0. The topological polar surface area (TPSA) is 33.1 Å². The van der Waals surface area contributed by atoms with Crippen LogP contribution in [0.5, 0.6) is 0 Å². The molecule has 0 bridgehead atoms. The molecule has 2 heterocycles. The fourth-order valence-electron chi connectivity index (χ4n) is 1.02. The molecule has 5 heteroatoms. The van der Waals surface area contributed by atoms with E-state index in [4.69, 9.17) is 11.6 Å². The fourth-order valence-corrected chi connectivity index (χ4v) is 2.56. The summed E-state index contributed by atoms with van der Waals surface area (Å²) >= 11 is 8.76. The van der Waals surface area contributed by atoms with Crippen molar-refractivity contribution in [3.8, 4) is 0 Å². The summed E-state index contributed by atoms with van der Waals surface area (Å²) in [6.07, 6.45) is -0.690. The van der Waals surface area contributed by atoms with Crippen molar-refractivity contribution in [2.24, 2.45) is 0 Å². The van der Waals surface area contributed by atoms with Crippen molar-refractivity contribution < 1.29 is 5.11 Å². The Balaban J connectivity index is 2.33. The lowest BCUT2D eigenvalue weighted by Crippen LogP contribution is -1.98. The maximum absolute atomic E-state index is 9.82. The van der Waals surface area contributed by atoms with Gasteiger partial charge in [0.15, 0.2) is 0 Å². The van der Waals surface area contributed by atoms with Crippen LogP contribution in [0.25, 0.3) is 0 Å². The molecule has 0 aliphatic carbocycles. The Labute approximate surface area is 88.5 Å². The van der Waals surface area contributed by atoms with Gasteiger partial charge in [-0.05, 0) is 11.4 Å². The Morgan fingerprint density at radius 3 is 2.92 bits per heavy atom. The molecule has 0 fully saturated rings. The van der Waals surface area contributed by atoms with Crippen LogP contribution in [-0.4, -0.2) is 10.1 Å². The van der Waals surface area contributed by atoms with Gasteiger partial charge in [-0.25, -0.2) is 4.98 Å². The summed E-state index contributed by atoms with van der Waals surface area (Å²) in [6, 6.07) is 1.82. The minimum atomic E-state index is -0.690. The summed E-state index contributed by atoms with van der Waals surface area (Å²) in [5.74, 6) is 0. The minimum Gasteiger partial charge on any atom is -0.382 e. The van der Waals surface area contributed by atoms with E-state index in [2.05, 4.69) is 4.98 Å². The zero-order valence-corrected chi connectivity index (χ0v) is 8.86. The van der Waals surface area contributed by atoms with Gasteiger partial charge in [-0.2, -0.15) is 0 Å². The van der Waals surface area contributed by atoms with Crippen molar-refractivity contribution in [3.63, 3.8) is 0 Å². The van der Waals surface area contributed by atoms with E-state index in [1.54, 1.807) is 5.51 Å². The SMILES string of the molecule is OC(c1cscn1)c1ccsc1Cl. The van der Waals surface area contributed by atoms with Gasteiger partial charge in [0, 0.05) is 10.9 Å². The predicted molar refractivity (Wildman–Crippen MR) is 55.5 cm³/mol. The number of aromatic nitrogens is 1. The Morgan fingerprint density at radius 2 is 2.38 bits per heavy atom. The molecule has 0 saturated heterocycles. The number of halogens is 1. The average molecular weight is 232 g/mol. The maximum atomic E-state index is 9.82. The molecule has 1 atom stereocenters. The van der Waals surface area contributed by atoms with Crippen LogP contribution >= 0.6 is 34.3 Å². The van der Waals surface area contributed by atoms with E-state index in [9.17, 15) is 5.11 Å². The lowest BCUT2D eigenvalue weighted by Gasteiger charge is -2.05. The molecular weight excluding hydrogens is 226 g/mol. The summed E-state index contributed by atoms with van der Waals surface area (Å²) in [5.41, 5.74) is 3.08. The molecule has 2 aromatic heterocycles. The molecular formula is C8H6ClNOS2. The Morgan fingerprint density at radius 1 is 1.54 bits per heavy atom. The summed E-state index contributed by atoms with van der Waals surface area (Å²) < 4.78 is 0.625. The number of aliphatic hydroxyl groups excluding tert-OH is 1. The van der Waals surface area contributed by atoms with Crippen LogP contribution in [0.15, 0.2) is 22.3 Å². The zero-order chi connectivity index (χ0) is 9.26. The van der Waals surface area contributed by atoms with Gasteiger partial charge >= 0.3 is 0 Å². The van der Waals surface area contributed by atoms with Gasteiger partial charge in [0.1, 0.15) is 6.10 Å². The zero-order valence-electron chi connectivity index (χ0n) is 6.48. The number of thiazole rings is 1.